The number of allylic oxidation sites excluding steroid dienone is 2. The average Bonchev–Trinajstić information content (AvgIpc) is 2.90. The minimum Gasteiger partial charge on any atom is -0.543 e. The Labute approximate surface area is 216 Å². The maximum atomic E-state index is 12.8. The number of carboxylic acids is 1. The number of hydrogen-bond acceptors (Lipinski definition) is 6. The molecule has 2 aromatic carbocycles. The molecule has 3 aromatic rings. The highest BCUT2D eigenvalue weighted by molar-refractivity contribution is 8.00. The number of β-lactam (4-membered cyclic amide) rings is 1. The van der Waals surface area contributed by atoms with Gasteiger partial charge in [-0.3, -0.25) is 14.5 Å². The second-order valence-electron chi connectivity index (χ2n) is 8.34. The topological polar surface area (TPSA) is 93.4 Å². The standard InChI is InChI=1S/C27H23N3O4S2/c31-22(17-35-20-11-2-1-3-12-20)28-23-25(32)30-24(27(33)34)19(16-36-26(23)30)10-7-15-29-14-6-9-18-8-4-5-13-21(18)29/h1-14,23,26H,15-17H2,(H-,28,31,33,34)/b10-7+/t23-,26-/m1/s1. The van der Waals surface area contributed by atoms with Crippen molar-refractivity contribution in [2.75, 3.05) is 11.5 Å². The molecule has 0 aliphatic carbocycles. The van der Waals surface area contributed by atoms with E-state index in [4.69, 9.17) is 0 Å². The summed E-state index contributed by atoms with van der Waals surface area (Å²) >= 11 is 2.82. The Kier molecular flexibility index (Phi) is 7.11. The Morgan fingerprint density at radius 1 is 1.11 bits per heavy atom. The number of thioether (sulfide) groups is 2. The molecule has 0 bridgehead atoms. The van der Waals surface area contributed by atoms with Gasteiger partial charge in [-0.25, -0.2) is 0 Å². The van der Waals surface area contributed by atoms with E-state index in [-0.39, 0.29) is 17.4 Å². The van der Waals surface area contributed by atoms with Crippen molar-refractivity contribution in [3.8, 4) is 0 Å². The molecule has 7 nitrogen and oxygen atoms in total. The van der Waals surface area contributed by atoms with Crippen LogP contribution in [0.1, 0.15) is 0 Å². The van der Waals surface area contributed by atoms with Crippen LogP contribution in [0.5, 0.6) is 0 Å². The Bertz CT molecular complexity index is 1380. The molecular formula is C27H23N3O4S2. The van der Waals surface area contributed by atoms with Crippen LogP contribution in [-0.4, -0.2) is 45.6 Å². The first-order valence-corrected chi connectivity index (χ1v) is 13.5. The molecule has 1 N–H and O–H groups in total. The number of amides is 2. The van der Waals surface area contributed by atoms with E-state index in [0.29, 0.717) is 17.9 Å². The molecule has 0 radical (unpaired) electrons. The van der Waals surface area contributed by atoms with Gasteiger partial charge in [-0.05, 0) is 35.9 Å². The van der Waals surface area contributed by atoms with Crippen molar-refractivity contribution < 1.29 is 24.1 Å². The van der Waals surface area contributed by atoms with Crippen molar-refractivity contribution >= 4 is 52.2 Å². The molecule has 1 aromatic heterocycles. The lowest BCUT2D eigenvalue weighted by atomic mass is 10.0. The van der Waals surface area contributed by atoms with Crippen LogP contribution < -0.4 is 15.0 Å². The largest absolute Gasteiger partial charge is 0.543 e. The quantitative estimate of drug-likeness (QED) is 0.279. The van der Waals surface area contributed by atoms with E-state index in [1.54, 1.807) is 6.08 Å². The first kappa shape index (κ1) is 24.1. The van der Waals surface area contributed by atoms with Gasteiger partial charge in [0.2, 0.25) is 11.4 Å². The summed E-state index contributed by atoms with van der Waals surface area (Å²) in [5.41, 5.74) is 1.47. The molecular weight excluding hydrogens is 494 g/mol. The molecule has 182 valence electrons. The van der Waals surface area contributed by atoms with Crippen molar-refractivity contribution in [2.24, 2.45) is 0 Å². The number of aromatic nitrogens is 1. The summed E-state index contributed by atoms with van der Waals surface area (Å²) in [6.07, 6.45) is 5.60. The highest BCUT2D eigenvalue weighted by atomic mass is 32.2. The summed E-state index contributed by atoms with van der Waals surface area (Å²) in [5, 5.41) is 15.4. The lowest BCUT2D eigenvalue weighted by Crippen LogP contribution is -2.71. The SMILES string of the molecule is O=C(CSc1ccccc1)N[C@@H]1C(=O)N2C(C(=O)[O-])=C(/C=C/C[n+]3cccc4ccccc43)CS[C@H]12. The van der Waals surface area contributed by atoms with Crippen molar-refractivity contribution in [2.45, 2.75) is 22.9 Å². The number of para-hydroxylation sites is 1. The van der Waals surface area contributed by atoms with E-state index >= 15 is 0 Å². The summed E-state index contributed by atoms with van der Waals surface area (Å²) in [7, 11) is 0. The third kappa shape index (κ3) is 4.89. The van der Waals surface area contributed by atoms with Gasteiger partial charge in [0.15, 0.2) is 12.7 Å². The number of carbonyl (C=O) groups is 3. The monoisotopic (exact) mass is 517 g/mol. The number of rotatable bonds is 8. The van der Waals surface area contributed by atoms with E-state index in [1.165, 1.54) is 28.4 Å². The number of fused-ring (bicyclic) bond motifs is 2. The third-order valence-corrected chi connectivity index (χ3v) is 8.34. The average molecular weight is 518 g/mol. The van der Waals surface area contributed by atoms with E-state index in [2.05, 4.69) is 9.88 Å². The number of benzene rings is 2. The summed E-state index contributed by atoms with van der Waals surface area (Å²) < 4.78 is 2.07. The number of aliphatic carboxylic acids is 1. The van der Waals surface area contributed by atoms with Crippen LogP contribution in [0.15, 0.2) is 101 Å². The van der Waals surface area contributed by atoms with Gasteiger partial charge >= 0.3 is 0 Å². The molecule has 3 heterocycles. The van der Waals surface area contributed by atoms with Crippen molar-refractivity contribution in [1.29, 1.82) is 0 Å². The minimum atomic E-state index is -1.39. The third-order valence-electron chi connectivity index (χ3n) is 6.03. The number of hydrogen-bond donors (Lipinski definition) is 1. The van der Waals surface area contributed by atoms with E-state index < -0.39 is 23.3 Å². The summed E-state index contributed by atoms with van der Waals surface area (Å²) in [5.74, 6) is -1.51. The fourth-order valence-electron chi connectivity index (χ4n) is 4.33. The van der Waals surface area contributed by atoms with Gasteiger partial charge in [-0.1, -0.05) is 36.4 Å². The van der Waals surface area contributed by atoms with E-state index in [0.717, 1.165) is 15.8 Å². The number of nitrogens with one attached hydrogen (secondary N) is 1. The van der Waals surface area contributed by atoms with Crippen molar-refractivity contribution in [1.82, 2.24) is 10.2 Å². The van der Waals surface area contributed by atoms with Gasteiger partial charge in [0, 0.05) is 28.2 Å². The first-order valence-electron chi connectivity index (χ1n) is 11.4. The molecule has 36 heavy (non-hydrogen) atoms. The molecule has 9 heteroatoms. The molecule has 2 aliphatic heterocycles. The fourth-order valence-corrected chi connectivity index (χ4v) is 6.38. The van der Waals surface area contributed by atoms with E-state index in [1.807, 2.05) is 79.0 Å². The Balaban J connectivity index is 1.26. The van der Waals surface area contributed by atoms with Crippen molar-refractivity contribution in [3.63, 3.8) is 0 Å². The fraction of sp³-hybridized carbons (Fsp3) is 0.185. The maximum absolute atomic E-state index is 12.8. The Hall–Kier alpha value is -3.56. The van der Waals surface area contributed by atoms with Crippen LogP contribution in [0, 0.1) is 0 Å². The predicted molar refractivity (Wildman–Crippen MR) is 138 cm³/mol. The van der Waals surface area contributed by atoms with Gasteiger partial charge in [0.25, 0.3) is 5.91 Å². The van der Waals surface area contributed by atoms with Crippen LogP contribution in [0.3, 0.4) is 0 Å². The normalized spacial score (nSPS) is 19.3. The van der Waals surface area contributed by atoms with Gasteiger partial charge in [0.1, 0.15) is 11.4 Å². The zero-order chi connectivity index (χ0) is 25.1. The van der Waals surface area contributed by atoms with Gasteiger partial charge in [-0.15, -0.1) is 23.5 Å². The molecule has 1 saturated heterocycles. The van der Waals surface area contributed by atoms with Crippen LogP contribution in [-0.2, 0) is 20.9 Å². The second-order valence-corrected chi connectivity index (χ2v) is 10.5. The maximum Gasteiger partial charge on any atom is 0.253 e. The van der Waals surface area contributed by atoms with Crippen LogP contribution in [0.2, 0.25) is 0 Å². The second kappa shape index (κ2) is 10.6. The number of pyridine rings is 1. The lowest BCUT2D eigenvalue weighted by Gasteiger charge is -2.50. The van der Waals surface area contributed by atoms with Gasteiger partial charge in [0.05, 0.1) is 17.4 Å². The zero-order valence-electron chi connectivity index (χ0n) is 19.2. The van der Waals surface area contributed by atoms with Crippen molar-refractivity contribution in [3.05, 3.63) is 96.3 Å². The van der Waals surface area contributed by atoms with Crippen LogP contribution in [0.4, 0.5) is 0 Å². The molecule has 2 amide bonds. The van der Waals surface area contributed by atoms with Gasteiger partial charge < -0.3 is 15.2 Å². The van der Waals surface area contributed by atoms with Crippen LogP contribution >= 0.6 is 23.5 Å². The molecule has 0 unspecified atom stereocenters. The lowest BCUT2D eigenvalue weighted by molar-refractivity contribution is -0.661. The summed E-state index contributed by atoms with van der Waals surface area (Å²) in [4.78, 5) is 39.5. The molecule has 2 aliphatic rings. The predicted octanol–water partition coefficient (Wildman–Crippen LogP) is 1.88. The Morgan fingerprint density at radius 2 is 1.86 bits per heavy atom. The number of nitrogens with zero attached hydrogens (tertiary/aromatic N) is 2. The number of carbonyl (C=O) groups excluding carboxylic acids is 3. The molecule has 0 saturated carbocycles. The van der Waals surface area contributed by atoms with Gasteiger partial charge in [-0.2, -0.15) is 4.57 Å². The summed E-state index contributed by atoms with van der Waals surface area (Å²) in [6.45, 7) is 0.547. The number of carboxylic acid groups (broad SMARTS) is 1. The van der Waals surface area contributed by atoms with Crippen LogP contribution in [0.25, 0.3) is 10.9 Å². The molecule has 2 atom stereocenters. The molecule has 1 fully saturated rings. The minimum absolute atomic E-state index is 0.118. The zero-order valence-corrected chi connectivity index (χ0v) is 20.8. The molecule has 0 spiro atoms. The Morgan fingerprint density at radius 3 is 2.67 bits per heavy atom. The first-order chi connectivity index (χ1) is 17.5. The molecule has 5 rings (SSSR count). The highest BCUT2D eigenvalue weighted by Crippen LogP contribution is 2.40. The summed E-state index contributed by atoms with van der Waals surface area (Å²) in [6, 6.07) is 20.8. The smallest absolute Gasteiger partial charge is 0.253 e. The van der Waals surface area contributed by atoms with E-state index in [9.17, 15) is 19.5 Å². The highest BCUT2D eigenvalue weighted by Gasteiger charge is 2.52.